The summed E-state index contributed by atoms with van der Waals surface area (Å²) in [6, 6.07) is 0. The van der Waals surface area contributed by atoms with Crippen molar-refractivity contribution in [2.24, 2.45) is 30.0 Å². The molecule has 3 heterocycles. The van der Waals surface area contributed by atoms with Gasteiger partial charge in [0.1, 0.15) is 32.2 Å². The minimum atomic E-state index is -0.495. The van der Waals surface area contributed by atoms with Gasteiger partial charge in [-0.15, -0.1) is 0 Å². The predicted molar refractivity (Wildman–Crippen MR) is 91.3 cm³/mol. The van der Waals surface area contributed by atoms with Gasteiger partial charge in [0.2, 0.25) is 0 Å². The van der Waals surface area contributed by atoms with Gasteiger partial charge < -0.3 is 0 Å². The van der Waals surface area contributed by atoms with Crippen molar-refractivity contribution in [3.8, 4) is 0 Å². The molecule has 0 saturated carbocycles. The summed E-state index contributed by atoms with van der Waals surface area (Å²) < 4.78 is 0. The number of aliphatic imine (C=N–C) groups is 6. The highest BCUT2D eigenvalue weighted by Crippen LogP contribution is 2.10. The highest BCUT2D eigenvalue weighted by Gasteiger charge is 2.38. The molecule has 0 saturated heterocycles. The van der Waals surface area contributed by atoms with E-state index in [0.29, 0.717) is 32.2 Å². The van der Waals surface area contributed by atoms with Gasteiger partial charge in [0, 0.05) is 0 Å². The lowest BCUT2D eigenvalue weighted by Crippen LogP contribution is -2.40. The first-order chi connectivity index (χ1) is 9.13. The monoisotopic (exact) mass is 302 g/mol. The topological polar surface area (TPSA) is 74.2 Å². The Morgan fingerprint density at radius 1 is 0.632 bits per heavy atom. The summed E-state index contributed by atoms with van der Waals surface area (Å²) in [7, 11) is 0. The molecule has 0 aromatic carbocycles. The predicted octanol–water partition coefficient (Wildman–Crippen LogP) is 0.530. The van der Waals surface area contributed by atoms with Crippen LogP contribution in [0.3, 0.4) is 0 Å². The fourth-order valence-corrected chi connectivity index (χ4v) is 2.08. The first-order valence-electron chi connectivity index (χ1n) is 5.13. The molecule has 0 unspecified atom stereocenters. The Morgan fingerprint density at radius 3 is 1.16 bits per heavy atom. The molecule has 0 aromatic heterocycles. The van der Waals surface area contributed by atoms with Crippen molar-refractivity contribution in [3.05, 3.63) is 0 Å². The normalized spacial score (nSPS) is 20.2. The van der Waals surface area contributed by atoms with E-state index in [0.717, 1.165) is 0 Å². The molecule has 90 valence electrons. The molecular formula is C9H3BN6S3. The number of hydrogen-bond donors (Lipinski definition) is 0. The van der Waals surface area contributed by atoms with Crippen LogP contribution in [0.5, 0.6) is 0 Å². The highest BCUT2D eigenvalue weighted by molar-refractivity contribution is 7.82. The van der Waals surface area contributed by atoms with Crippen molar-refractivity contribution in [1.82, 2.24) is 0 Å². The van der Waals surface area contributed by atoms with E-state index in [-0.39, 0.29) is 0 Å². The van der Waals surface area contributed by atoms with Crippen LogP contribution in [0.1, 0.15) is 0 Å². The second-order valence-corrected chi connectivity index (χ2v) is 4.89. The van der Waals surface area contributed by atoms with Gasteiger partial charge in [-0.3, -0.25) is 0 Å². The summed E-state index contributed by atoms with van der Waals surface area (Å²) in [5.41, 5.74) is 1.35. The second kappa shape index (κ2) is 4.80. The third-order valence-corrected chi connectivity index (χ3v) is 2.96. The summed E-state index contributed by atoms with van der Waals surface area (Å²) in [5.74, 6) is 0. The number of hydrogen-bond acceptors (Lipinski definition) is 6. The van der Waals surface area contributed by atoms with Gasteiger partial charge in [0.05, 0.1) is 18.6 Å². The molecule has 0 fully saturated rings. The zero-order valence-electron chi connectivity index (χ0n) is 9.22. The van der Waals surface area contributed by atoms with Crippen molar-refractivity contribution in [2.45, 2.75) is 0 Å². The molecule has 0 atom stereocenters. The van der Waals surface area contributed by atoms with Gasteiger partial charge in [0.25, 0.3) is 0 Å². The minimum absolute atomic E-state index is 0.398. The Labute approximate surface area is 124 Å². The van der Waals surface area contributed by atoms with E-state index in [1.165, 1.54) is 18.6 Å². The Balaban J connectivity index is 2.05. The number of rotatable bonds is 3. The Morgan fingerprint density at radius 2 is 0.947 bits per heavy atom. The van der Waals surface area contributed by atoms with E-state index in [4.69, 9.17) is 36.7 Å². The number of amidine groups is 3. The summed E-state index contributed by atoms with van der Waals surface area (Å²) in [4.78, 5) is 26.1. The summed E-state index contributed by atoms with van der Waals surface area (Å²) in [6.45, 7) is -0.495. The van der Waals surface area contributed by atoms with Gasteiger partial charge in [0.15, 0.2) is 0 Å². The largest absolute Gasteiger partial charge is 0.382 e. The third-order valence-electron chi connectivity index (χ3n) is 2.37. The first kappa shape index (κ1) is 12.4. The highest BCUT2D eigenvalue weighted by atomic mass is 32.1. The molecule has 6 nitrogen and oxygen atoms in total. The molecule has 0 spiro atoms. The fraction of sp³-hybridized carbons (Fsp3) is 0. The Bertz CT molecular complexity index is 604. The Kier molecular flexibility index (Phi) is 3.13. The average molecular weight is 302 g/mol. The lowest BCUT2D eigenvalue weighted by molar-refractivity contribution is 1.69. The minimum Gasteiger partial charge on any atom is -0.248 e. The number of thiocarbonyl (C=S) groups is 3. The van der Waals surface area contributed by atoms with Crippen molar-refractivity contribution < 1.29 is 0 Å². The molecule has 10 heteroatoms. The van der Waals surface area contributed by atoms with E-state index in [2.05, 4.69) is 30.0 Å². The maximum absolute atomic E-state index is 4.97. The molecular weight excluding hydrogens is 299 g/mol. The van der Waals surface area contributed by atoms with Crippen LogP contribution >= 0.6 is 36.7 Å². The molecule has 3 rings (SSSR count). The second-order valence-electron chi connectivity index (χ2n) is 3.63. The first-order valence-corrected chi connectivity index (χ1v) is 6.36. The average Bonchev–Trinajstić information content (AvgIpc) is 3.05. The molecule has 3 aliphatic heterocycles. The van der Waals surface area contributed by atoms with Gasteiger partial charge in [-0.1, -0.05) is 36.7 Å². The van der Waals surface area contributed by atoms with Crippen molar-refractivity contribution in [3.63, 3.8) is 0 Å². The van der Waals surface area contributed by atoms with E-state index in [9.17, 15) is 0 Å². The third kappa shape index (κ3) is 2.42. The maximum atomic E-state index is 4.97. The summed E-state index contributed by atoms with van der Waals surface area (Å²) >= 11 is 14.9. The van der Waals surface area contributed by atoms with Crippen LogP contribution < -0.4 is 0 Å². The molecule has 0 amide bonds. The smallest absolute Gasteiger partial charge is 0.248 e. The van der Waals surface area contributed by atoms with Gasteiger partial charge in [-0.25, -0.2) is 30.0 Å². The number of nitrogens with zero attached hydrogens (tertiary/aromatic N) is 6. The SMILES string of the molecule is S=C1C=NC(B(C2=NC(=S)C=N2)C2=NC(=S)C=N2)=N1. The molecule has 0 N–H and O–H groups in total. The molecule has 0 aromatic rings. The van der Waals surface area contributed by atoms with E-state index in [1.807, 2.05) is 0 Å². The molecule has 0 aliphatic carbocycles. The summed E-state index contributed by atoms with van der Waals surface area (Å²) in [5, 5.41) is 0. The quantitative estimate of drug-likeness (QED) is 0.564. The van der Waals surface area contributed by atoms with Gasteiger partial charge in [-0.05, 0) is 0 Å². The fourth-order valence-electron chi connectivity index (χ4n) is 1.64. The van der Waals surface area contributed by atoms with Crippen molar-refractivity contribution in [1.29, 1.82) is 0 Å². The van der Waals surface area contributed by atoms with E-state index >= 15 is 0 Å². The van der Waals surface area contributed by atoms with Crippen molar-refractivity contribution >= 4 is 94.2 Å². The molecule has 3 aliphatic rings. The summed E-state index contributed by atoms with van der Waals surface area (Å²) in [6.07, 6.45) is 4.48. The maximum Gasteiger partial charge on any atom is 0.382 e. The van der Waals surface area contributed by atoms with Crippen LogP contribution in [0.4, 0.5) is 0 Å². The molecule has 0 bridgehead atoms. The van der Waals surface area contributed by atoms with Crippen LogP contribution in [0.25, 0.3) is 0 Å². The van der Waals surface area contributed by atoms with Crippen LogP contribution in [0, 0.1) is 0 Å². The van der Waals surface area contributed by atoms with Crippen molar-refractivity contribution in [2.75, 3.05) is 0 Å². The lowest BCUT2D eigenvalue weighted by atomic mass is 9.46. The van der Waals surface area contributed by atoms with Gasteiger partial charge in [-0.2, -0.15) is 0 Å². The van der Waals surface area contributed by atoms with Crippen LogP contribution in [0.15, 0.2) is 30.0 Å². The van der Waals surface area contributed by atoms with Crippen LogP contribution in [-0.4, -0.2) is 57.5 Å². The van der Waals surface area contributed by atoms with Crippen LogP contribution in [-0.2, 0) is 0 Å². The standard InChI is InChI=1S/C9H3BN6S3/c17-4-1-11-7(14-4)10(8-12-2-5(18)15-8)9-13-3-6(19)16-9/h1-3H. The van der Waals surface area contributed by atoms with Crippen LogP contribution in [0.2, 0.25) is 0 Å². The lowest BCUT2D eigenvalue weighted by Gasteiger charge is -2.06. The van der Waals surface area contributed by atoms with E-state index < -0.39 is 6.71 Å². The molecule has 19 heavy (non-hydrogen) atoms. The van der Waals surface area contributed by atoms with E-state index in [1.54, 1.807) is 0 Å². The zero-order chi connectivity index (χ0) is 13.4. The molecule has 0 radical (unpaired) electrons. The van der Waals surface area contributed by atoms with Gasteiger partial charge >= 0.3 is 6.71 Å². The Hall–Kier alpha value is -1.65. The zero-order valence-corrected chi connectivity index (χ0v) is 11.7.